The first kappa shape index (κ1) is 25.4. The number of benzene rings is 3. The van der Waals surface area contributed by atoms with Crippen molar-refractivity contribution in [2.45, 2.75) is 31.9 Å². The zero-order chi connectivity index (χ0) is 24.2. The standard InChI is InChI=1S/C26H20Cl3F3O/c1-16-12-18(4-9-23(16)25(33)11-6-17-2-7-20(27)8-3-17)5-10-24(26(30,31)32)19-13-21(28)15-22(29)14-19/h2-5,7-10,12-15,24H,6,11H2,1H3/b10-5+. The molecule has 33 heavy (non-hydrogen) atoms. The highest BCUT2D eigenvalue weighted by atomic mass is 35.5. The molecule has 0 saturated carbocycles. The minimum absolute atomic E-state index is 0.0280. The van der Waals surface area contributed by atoms with Crippen molar-refractivity contribution in [3.05, 3.63) is 110 Å². The molecule has 0 fully saturated rings. The summed E-state index contributed by atoms with van der Waals surface area (Å²) in [5.41, 5.74) is 2.78. The second-order valence-corrected chi connectivity index (χ2v) is 9.01. The lowest BCUT2D eigenvalue weighted by atomic mass is 9.95. The Morgan fingerprint density at radius 3 is 2.12 bits per heavy atom. The molecular weight excluding hydrogens is 492 g/mol. The number of aryl methyl sites for hydroxylation is 2. The van der Waals surface area contributed by atoms with Gasteiger partial charge >= 0.3 is 6.18 Å². The van der Waals surface area contributed by atoms with Gasteiger partial charge in [0.1, 0.15) is 0 Å². The molecule has 1 atom stereocenters. The molecular formula is C26H20Cl3F3O. The van der Waals surface area contributed by atoms with Gasteiger partial charge in [0.05, 0.1) is 5.92 Å². The second-order valence-electron chi connectivity index (χ2n) is 7.71. The van der Waals surface area contributed by atoms with Gasteiger partial charge in [-0.1, -0.05) is 77.3 Å². The van der Waals surface area contributed by atoms with Gasteiger partial charge in [0.25, 0.3) is 0 Å². The zero-order valence-corrected chi connectivity index (χ0v) is 19.9. The van der Waals surface area contributed by atoms with Crippen LogP contribution in [0.5, 0.6) is 0 Å². The number of allylic oxidation sites excluding steroid dienone is 1. The van der Waals surface area contributed by atoms with Crippen LogP contribution in [-0.4, -0.2) is 12.0 Å². The molecule has 0 aromatic heterocycles. The molecule has 3 aromatic carbocycles. The summed E-state index contributed by atoms with van der Waals surface area (Å²) in [6, 6.07) is 16.2. The minimum atomic E-state index is -4.52. The first-order valence-electron chi connectivity index (χ1n) is 10.1. The molecule has 0 aliphatic heterocycles. The maximum absolute atomic E-state index is 13.7. The third-order valence-electron chi connectivity index (χ3n) is 5.18. The Morgan fingerprint density at radius 2 is 1.55 bits per heavy atom. The van der Waals surface area contributed by atoms with Crippen LogP contribution >= 0.6 is 34.8 Å². The van der Waals surface area contributed by atoms with E-state index >= 15 is 0 Å². The Kier molecular flexibility index (Phi) is 8.28. The highest BCUT2D eigenvalue weighted by molar-refractivity contribution is 6.34. The van der Waals surface area contributed by atoms with E-state index in [0.29, 0.717) is 34.6 Å². The van der Waals surface area contributed by atoms with Gasteiger partial charge in [0.15, 0.2) is 5.78 Å². The zero-order valence-electron chi connectivity index (χ0n) is 17.6. The third-order valence-corrected chi connectivity index (χ3v) is 5.87. The number of hydrogen-bond acceptors (Lipinski definition) is 1. The molecule has 172 valence electrons. The van der Waals surface area contributed by atoms with Crippen molar-refractivity contribution in [3.63, 3.8) is 0 Å². The number of hydrogen-bond donors (Lipinski definition) is 0. The van der Waals surface area contributed by atoms with E-state index in [1.165, 1.54) is 24.3 Å². The predicted octanol–water partition coefficient (Wildman–Crippen LogP) is 9.13. The fraction of sp³-hybridized carbons (Fsp3) is 0.192. The van der Waals surface area contributed by atoms with Crippen molar-refractivity contribution >= 4 is 46.7 Å². The molecule has 1 nitrogen and oxygen atoms in total. The van der Waals surface area contributed by atoms with Gasteiger partial charge in [0, 0.05) is 27.1 Å². The van der Waals surface area contributed by atoms with E-state index in [1.807, 2.05) is 12.1 Å². The van der Waals surface area contributed by atoms with Gasteiger partial charge in [-0.3, -0.25) is 4.79 Å². The number of Topliss-reactive ketones (excluding diaryl/α,β-unsaturated/α-hetero) is 1. The van der Waals surface area contributed by atoms with Gasteiger partial charge in [-0.25, -0.2) is 0 Å². The number of alkyl halides is 3. The molecule has 0 aliphatic rings. The van der Waals surface area contributed by atoms with Crippen LogP contribution in [0.25, 0.3) is 6.08 Å². The van der Waals surface area contributed by atoms with E-state index in [4.69, 9.17) is 34.8 Å². The molecule has 1 unspecified atom stereocenters. The van der Waals surface area contributed by atoms with Crippen LogP contribution in [0.15, 0.2) is 66.7 Å². The summed E-state index contributed by atoms with van der Waals surface area (Å²) in [5.74, 6) is -1.89. The summed E-state index contributed by atoms with van der Waals surface area (Å²) >= 11 is 17.7. The van der Waals surface area contributed by atoms with E-state index in [2.05, 4.69) is 0 Å². The molecule has 3 aromatic rings. The van der Waals surface area contributed by atoms with Crippen LogP contribution < -0.4 is 0 Å². The summed E-state index contributed by atoms with van der Waals surface area (Å²) in [6.07, 6.45) is -1.16. The quantitative estimate of drug-likeness (QED) is 0.289. The molecule has 0 radical (unpaired) electrons. The first-order chi connectivity index (χ1) is 15.5. The van der Waals surface area contributed by atoms with Gasteiger partial charge in [0.2, 0.25) is 0 Å². The SMILES string of the molecule is Cc1cc(/C=C/C(c2cc(Cl)cc(Cl)c2)C(F)(F)F)ccc1C(=O)CCc1ccc(Cl)cc1. The monoisotopic (exact) mass is 510 g/mol. The molecule has 0 aliphatic carbocycles. The summed E-state index contributed by atoms with van der Waals surface area (Å²) < 4.78 is 41.0. The van der Waals surface area contributed by atoms with E-state index < -0.39 is 12.1 Å². The van der Waals surface area contributed by atoms with Gasteiger partial charge in [-0.05, 0) is 65.9 Å². The van der Waals surface area contributed by atoms with Gasteiger partial charge in [-0.2, -0.15) is 13.2 Å². The number of carbonyl (C=O) groups is 1. The molecule has 0 bridgehead atoms. The van der Waals surface area contributed by atoms with Crippen molar-refractivity contribution in [1.29, 1.82) is 0 Å². The highest BCUT2D eigenvalue weighted by Gasteiger charge is 2.39. The molecule has 3 rings (SSSR count). The lowest BCUT2D eigenvalue weighted by Gasteiger charge is -2.18. The predicted molar refractivity (Wildman–Crippen MR) is 130 cm³/mol. The fourth-order valence-electron chi connectivity index (χ4n) is 3.52. The summed E-state index contributed by atoms with van der Waals surface area (Å²) in [4.78, 5) is 12.6. The lowest BCUT2D eigenvalue weighted by molar-refractivity contribution is -0.139. The molecule has 0 heterocycles. The molecule has 0 N–H and O–H groups in total. The summed E-state index contributed by atoms with van der Waals surface area (Å²) in [6.45, 7) is 1.77. The van der Waals surface area contributed by atoms with Crippen LogP contribution in [-0.2, 0) is 6.42 Å². The Labute approximate surface area is 205 Å². The maximum atomic E-state index is 13.7. The van der Waals surface area contributed by atoms with Crippen molar-refractivity contribution in [2.24, 2.45) is 0 Å². The Hall–Kier alpha value is -2.27. The van der Waals surface area contributed by atoms with Crippen LogP contribution in [0.3, 0.4) is 0 Å². The highest BCUT2D eigenvalue weighted by Crippen LogP contribution is 2.38. The summed E-state index contributed by atoms with van der Waals surface area (Å²) in [5, 5.41) is 0.908. The normalized spacial score (nSPS) is 12.8. The number of carbonyl (C=O) groups excluding carboxylic acids is 1. The first-order valence-corrected chi connectivity index (χ1v) is 11.3. The van der Waals surface area contributed by atoms with Crippen LogP contribution in [0, 0.1) is 6.92 Å². The van der Waals surface area contributed by atoms with E-state index in [9.17, 15) is 18.0 Å². The average molecular weight is 512 g/mol. The van der Waals surface area contributed by atoms with Crippen molar-refractivity contribution < 1.29 is 18.0 Å². The Balaban J connectivity index is 1.76. The lowest BCUT2D eigenvalue weighted by Crippen LogP contribution is -2.18. The minimum Gasteiger partial charge on any atom is -0.294 e. The number of rotatable bonds is 7. The van der Waals surface area contributed by atoms with Crippen molar-refractivity contribution in [3.8, 4) is 0 Å². The molecule has 7 heteroatoms. The second kappa shape index (κ2) is 10.8. The van der Waals surface area contributed by atoms with Crippen molar-refractivity contribution in [2.75, 3.05) is 0 Å². The van der Waals surface area contributed by atoms with Gasteiger partial charge < -0.3 is 0 Å². The van der Waals surface area contributed by atoms with Crippen LogP contribution in [0.1, 0.15) is 45.0 Å². The number of ketones is 1. The van der Waals surface area contributed by atoms with E-state index in [-0.39, 0.29) is 21.4 Å². The van der Waals surface area contributed by atoms with E-state index in [0.717, 1.165) is 11.6 Å². The van der Waals surface area contributed by atoms with Crippen LogP contribution in [0.4, 0.5) is 13.2 Å². The summed E-state index contributed by atoms with van der Waals surface area (Å²) in [7, 11) is 0. The Morgan fingerprint density at radius 1 is 0.909 bits per heavy atom. The number of halogens is 6. The van der Waals surface area contributed by atoms with Crippen LogP contribution in [0.2, 0.25) is 15.1 Å². The molecule has 0 saturated heterocycles. The third kappa shape index (κ3) is 7.10. The van der Waals surface area contributed by atoms with Gasteiger partial charge in [-0.15, -0.1) is 0 Å². The Bertz CT molecular complexity index is 1150. The topological polar surface area (TPSA) is 17.1 Å². The largest absolute Gasteiger partial charge is 0.399 e. The fourth-order valence-corrected chi connectivity index (χ4v) is 4.19. The molecule has 0 amide bonds. The maximum Gasteiger partial charge on any atom is 0.399 e. The smallest absolute Gasteiger partial charge is 0.294 e. The van der Waals surface area contributed by atoms with E-state index in [1.54, 1.807) is 37.3 Å². The average Bonchev–Trinajstić information content (AvgIpc) is 2.71. The van der Waals surface area contributed by atoms with Crippen molar-refractivity contribution in [1.82, 2.24) is 0 Å². The molecule has 0 spiro atoms.